The Kier molecular flexibility index (Phi) is 5.56. The summed E-state index contributed by atoms with van der Waals surface area (Å²) >= 11 is 0. The second kappa shape index (κ2) is 5.58. The molecular formula is C11H25N. The molecule has 0 aromatic rings. The van der Waals surface area contributed by atoms with E-state index in [1.165, 1.54) is 6.42 Å². The van der Waals surface area contributed by atoms with Gasteiger partial charge in [-0.25, -0.2) is 0 Å². The highest BCUT2D eigenvalue weighted by atomic mass is 14.6. The minimum atomic E-state index is 0.383. The summed E-state index contributed by atoms with van der Waals surface area (Å²) in [6.07, 6.45) is 2.36. The second-order valence-corrected chi connectivity index (χ2v) is 4.18. The Balaban J connectivity index is 3.99. The summed E-state index contributed by atoms with van der Waals surface area (Å²) in [5.74, 6) is 2.22. The van der Waals surface area contributed by atoms with Gasteiger partial charge in [0.25, 0.3) is 0 Å². The first-order valence-corrected chi connectivity index (χ1v) is 5.30. The van der Waals surface area contributed by atoms with Gasteiger partial charge in [-0.05, 0) is 24.2 Å². The van der Waals surface area contributed by atoms with Crippen molar-refractivity contribution in [2.75, 3.05) is 0 Å². The van der Waals surface area contributed by atoms with Crippen LogP contribution in [0.2, 0.25) is 0 Å². The van der Waals surface area contributed by atoms with Gasteiger partial charge >= 0.3 is 0 Å². The zero-order chi connectivity index (χ0) is 9.72. The minimum absolute atomic E-state index is 0.383. The van der Waals surface area contributed by atoms with Crippen molar-refractivity contribution in [3.8, 4) is 0 Å². The molecule has 0 rings (SSSR count). The lowest BCUT2D eigenvalue weighted by molar-refractivity contribution is 0.235. The Morgan fingerprint density at radius 1 is 0.917 bits per heavy atom. The van der Waals surface area contributed by atoms with Crippen LogP contribution in [0.5, 0.6) is 0 Å². The molecule has 0 radical (unpaired) electrons. The SMILES string of the molecule is CCC(C)[C@@H](C)C(C)[C@@H](N)CC. The first-order valence-electron chi connectivity index (χ1n) is 5.30. The van der Waals surface area contributed by atoms with E-state index in [1.807, 2.05) is 0 Å². The molecule has 0 aliphatic carbocycles. The molecule has 0 fully saturated rings. The highest BCUT2D eigenvalue weighted by Crippen LogP contribution is 2.25. The molecule has 12 heavy (non-hydrogen) atoms. The van der Waals surface area contributed by atoms with Gasteiger partial charge in [-0.1, -0.05) is 41.0 Å². The number of nitrogens with two attached hydrogens (primary N) is 1. The summed E-state index contributed by atoms with van der Waals surface area (Å²) in [6.45, 7) is 11.4. The van der Waals surface area contributed by atoms with Crippen LogP contribution in [0.15, 0.2) is 0 Å². The Labute approximate surface area is 77.7 Å². The number of rotatable bonds is 5. The van der Waals surface area contributed by atoms with Crippen LogP contribution in [0.25, 0.3) is 0 Å². The fourth-order valence-electron chi connectivity index (χ4n) is 1.65. The molecule has 0 aromatic heterocycles. The van der Waals surface area contributed by atoms with E-state index >= 15 is 0 Å². The Morgan fingerprint density at radius 2 is 1.42 bits per heavy atom. The van der Waals surface area contributed by atoms with Gasteiger partial charge in [0.15, 0.2) is 0 Å². The van der Waals surface area contributed by atoms with Gasteiger partial charge in [-0.3, -0.25) is 0 Å². The molecule has 0 aliphatic heterocycles. The summed E-state index contributed by atoms with van der Waals surface area (Å²) in [5.41, 5.74) is 6.01. The van der Waals surface area contributed by atoms with Crippen molar-refractivity contribution in [3.05, 3.63) is 0 Å². The van der Waals surface area contributed by atoms with Crippen LogP contribution < -0.4 is 5.73 Å². The van der Waals surface area contributed by atoms with Crippen molar-refractivity contribution in [2.24, 2.45) is 23.5 Å². The first kappa shape index (κ1) is 12.0. The maximum absolute atomic E-state index is 6.01. The third kappa shape index (κ3) is 3.14. The lowest BCUT2D eigenvalue weighted by Crippen LogP contribution is -2.33. The lowest BCUT2D eigenvalue weighted by Gasteiger charge is -2.29. The molecule has 0 saturated heterocycles. The van der Waals surface area contributed by atoms with Gasteiger partial charge in [-0.2, -0.15) is 0 Å². The van der Waals surface area contributed by atoms with Crippen molar-refractivity contribution < 1.29 is 0 Å². The molecule has 0 saturated carbocycles. The summed E-state index contributed by atoms with van der Waals surface area (Å²) in [5, 5.41) is 0. The maximum Gasteiger partial charge on any atom is 0.00645 e. The van der Waals surface area contributed by atoms with Crippen molar-refractivity contribution in [2.45, 2.75) is 53.5 Å². The quantitative estimate of drug-likeness (QED) is 0.676. The van der Waals surface area contributed by atoms with E-state index in [-0.39, 0.29) is 0 Å². The fourth-order valence-corrected chi connectivity index (χ4v) is 1.65. The van der Waals surface area contributed by atoms with Crippen molar-refractivity contribution in [1.82, 2.24) is 0 Å². The molecule has 1 heteroatoms. The van der Waals surface area contributed by atoms with Crippen LogP contribution in [0, 0.1) is 17.8 Å². The van der Waals surface area contributed by atoms with Crippen molar-refractivity contribution in [3.63, 3.8) is 0 Å². The number of hydrogen-bond donors (Lipinski definition) is 1. The van der Waals surface area contributed by atoms with Crippen molar-refractivity contribution in [1.29, 1.82) is 0 Å². The maximum atomic E-state index is 6.01. The highest BCUT2D eigenvalue weighted by Gasteiger charge is 2.21. The van der Waals surface area contributed by atoms with Crippen LogP contribution in [0.1, 0.15) is 47.5 Å². The van der Waals surface area contributed by atoms with Crippen molar-refractivity contribution >= 4 is 0 Å². The third-order valence-electron chi connectivity index (χ3n) is 3.52. The summed E-state index contributed by atoms with van der Waals surface area (Å²) in [6, 6.07) is 0.383. The monoisotopic (exact) mass is 171 g/mol. The van der Waals surface area contributed by atoms with Gasteiger partial charge in [0.05, 0.1) is 0 Å². The molecule has 0 aliphatic rings. The molecule has 1 nitrogen and oxygen atoms in total. The zero-order valence-electron chi connectivity index (χ0n) is 9.30. The predicted molar refractivity (Wildman–Crippen MR) is 56.0 cm³/mol. The molecule has 0 amide bonds. The van der Waals surface area contributed by atoms with Crippen LogP contribution in [0.4, 0.5) is 0 Å². The average Bonchev–Trinajstić information content (AvgIpc) is 2.12. The van der Waals surface area contributed by atoms with E-state index in [9.17, 15) is 0 Å². The molecule has 4 atom stereocenters. The molecular weight excluding hydrogens is 146 g/mol. The van der Waals surface area contributed by atoms with Gasteiger partial charge in [0.1, 0.15) is 0 Å². The predicted octanol–water partition coefficient (Wildman–Crippen LogP) is 3.04. The molecule has 0 spiro atoms. The molecule has 2 unspecified atom stereocenters. The molecule has 0 bridgehead atoms. The topological polar surface area (TPSA) is 26.0 Å². The van der Waals surface area contributed by atoms with Crippen LogP contribution >= 0.6 is 0 Å². The van der Waals surface area contributed by atoms with Gasteiger partial charge in [0.2, 0.25) is 0 Å². The van der Waals surface area contributed by atoms with E-state index in [4.69, 9.17) is 5.73 Å². The van der Waals surface area contributed by atoms with Crippen LogP contribution in [-0.4, -0.2) is 6.04 Å². The van der Waals surface area contributed by atoms with E-state index in [1.54, 1.807) is 0 Å². The smallest absolute Gasteiger partial charge is 0.00645 e. The van der Waals surface area contributed by atoms with Gasteiger partial charge < -0.3 is 5.73 Å². The summed E-state index contributed by atoms with van der Waals surface area (Å²) < 4.78 is 0. The van der Waals surface area contributed by atoms with Crippen LogP contribution in [0.3, 0.4) is 0 Å². The fraction of sp³-hybridized carbons (Fsp3) is 1.00. The van der Waals surface area contributed by atoms with E-state index in [0.717, 1.165) is 18.3 Å². The zero-order valence-corrected chi connectivity index (χ0v) is 9.30. The molecule has 0 aromatic carbocycles. The Bertz CT molecular complexity index is 97.6. The molecule has 74 valence electrons. The average molecular weight is 171 g/mol. The van der Waals surface area contributed by atoms with Gasteiger partial charge in [-0.15, -0.1) is 0 Å². The summed E-state index contributed by atoms with van der Waals surface area (Å²) in [4.78, 5) is 0. The standard InChI is InChI=1S/C11H25N/c1-6-8(3)9(4)10(5)11(12)7-2/h8-11H,6-7,12H2,1-5H3/t8?,9-,10?,11+/m1/s1. The third-order valence-corrected chi connectivity index (χ3v) is 3.52. The minimum Gasteiger partial charge on any atom is -0.327 e. The van der Waals surface area contributed by atoms with Gasteiger partial charge in [0, 0.05) is 6.04 Å². The second-order valence-electron chi connectivity index (χ2n) is 4.18. The Hall–Kier alpha value is -0.0400. The Morgan fingerprint density at radius 3 is 1.75 bits per heavy atom. The van der Waals surface area contributed by atoms with E-state index < -0.39 is 0 Å². The van der Waals surface area contributed by atoms with E-state index in [0.29, 0.717) is 12.0 Å². The van der Waals surface area contributed by atoms with Crippen LogP contribution in [-0.2, 0) is 0 Å². The normalized spacial score (nSPS) is 21.5. The highest BCUT2D eigenvalue weighted by molar-refractivity contribution is 4.75. The molecule has 2 N–H and O–H groups in total. The van der Waals surface area contributed by atoms with E-state index in [2.05, 4.69) is 34.6 Å². The largest absolute Gasteiger partial charge is 0.327 e. The summed E-state index contributed by atoms with van der Waals surface area (Å²) in [7, 11) is 0. The number of hydrogen-bond acceptors (Lipinski definition) is 1. The molecule has 0 heterocycles. The first-order chi connectivity index (χ1) is 5.54. The lowest BCUT2D eigenvalue weighted by atomic mass is 9.79.